The molecule has 2 N–H and O–H groups in total. The van der Waals surface area contributed by atoms with E-state index in [9.17, 15) is 4.79 Å². The summed E-state index contributed by atoms with van der Waals surface area (Å²) in [5.41, 5.74) is 3.37. The van der Waals surface area contributed by atoms with Crippen molar-refractivity contribution in [1.29, 1.82) is 0 Å². The lowest BCUT2D eigenvalue weighted by Crippen LogP contribution is -2.19. The van der Waals surface area contributed by atoms with Gasteiger partial charge >= 0.3 is 0 Å². The molecule has 1 unspecified atom stereocenters. The molecule has 168 valence electrons. The largest absolute Gasteiger partial charge is 0.497 e. The SMILES string of the molecule is COc1ccc(-c2nc(SC(C(=O)Nc3cc(C)ccc3OC)c3ccccc3)n[nH]2)cc1. The lowest BCUT2D eigenvalue weighted by atomic mass is 10.1. The Morgan fingerprint density at radius 3 is 2.45 bits per heavy atom. The van der Waals surface area contributed by atoms with Gasteiger partial charge in [-0.2, -0.15) is 0 Å². The van der Waals surface area contributed by atoms with Crippen LogP contribution in [0.1, 0.15) is 16.4 Å². The summed E-state index contributed by atoms with van der Waals surface area (Å²) in [6.45, 7) is 1.97. The molecule has 0 saturated carbocycles. The highest BCUT2D eigenvalue weighted by molar-refractivity contribution is 8.00. The van der Waals surface area contributed by atoms with Gasteiger partial charge in [0, 0.05) is 5.56 Å². The van der Waals surface area contributed by atoms with Gasteiger partial charge in [0.25, 0.3) is 0 Å². The Morgan fingerprint density at radius 1 is 1.00 bits per heavy atom. The number of amides is 1. The second-order valence-corrected chi connectivity index (χ2v) is 8.37. The van der Waals surface area contributed by atoms with Crippen LogP contribution in [0.25, 0.3) is 11.4 Å². The van der Waals surface area contributed by atoms with Gasteiger partial charge in [0.05, 0.1) is 19.9 Å². The Kier molecular flexibility index (Phi) is 6.95. The van der Waals surface area contributed by atoms with Crippen LogP contribution in [0, 0.1) is 6.92 Å². The fraction of sp³-hybridized carbons (Fsp3) is 0.160. The summed E-state index contributed by atoms with van der Waals surface area (Å²) >= 11 is 1.28. The third-order valence-electron chi connectivity index (χ3n) is 5.00. The van der Waals surface area contributed by atoms with Crippen molar-refractivity contribution < 1.29 is 14.3 Å². The summed E-state index contributed by atoms with van der Waals surface area (Å²) in [6, 6.07) is 22.8. The summed E-state index contributed by atoms with van der Waals surface area (Å²) in [7, 11) is 3.21. The maximum Gasteiger partial charge on any atom is 0.242 e. The van der Waals surface area contributed by atoms with Gasteiger partial charge in [-0.1, -0.05) is 48.2 Å². The van der Waals surface area contributed by atoms with Gasteiger partial charge in [-0.25, -0.2) is 4.98 Å². The molecular formula is C25H24N4O3S. The first-order valence-corrected chi connectivity index (χ1v) is 11.2. The average Bonchev–Trinajstić information content (AvgIpc) is 3.32. The Morgan fingerprint density at radius 2 is 1.76 bits per heavy atom. The molecule has 0 radical (unpaired) electrons. The van der Waals surface area contributed by atoms with Gasteiger partial charge in [-0.3, -0.25) is 9.89 Å². The number of benzene rings is 3. The molecule has 4 aromatic rings. The molecule has 0 fully saturated rings. The predicted octanol–water partition coefficient (Wildman–Crippen LogP) is 5.27. The van der Waals surface area contributed by atoms with Crippen LogP contribution in [0.2, 0.25) is 0 Å². The van der Waals surface area contributed by atoms with Gasteiger partial charge in [-0.15, -0.1) is 5.10 Å². The van der Waals surface area contributed by atoms with E-state index >= 15 is 0 Å². The number of ether oxygens (including phenoxy) is 2. The number of carbonyl (C=O) groups is 1. The molecule has 8 heteroatoms. The van der Waals surface area contributed by atoms with Crippen molar-refractivity contribution in [2.75, 3.05) is 19.5 Å². The van der Waals surface area contributed by atoms with Crippen molar-refractivity contribution >= 4 is 23.4 Å². The molecule has 7 nitrogen and oxygen atoms in total. The number of hydrogen-bond acceptors (Lipinski definition) is 6. The molecule has 0 spiro atoms. The van der Waals surface area contributed by atoms with Crippen LogP contribution < -0.4 is 14.8 Å². The molecule has 1 heterocycles. The van der Waals surface area contributed by atoms with Crippen LogP contribution in [0.3, 0.4) is 0 Å². The standard InChI is InChI=1S/C25H24N4O3S/c1-16-9-14-21(32-3)20(15-16)26-24(30)22(17-7-5-4-6-8-17)33-25-27-23(28-29-25)18-10-12-19(31-2)13-11-18/h4-15,22H,1-3H3,(H,26,30)(H,27,28,29). The Hall–Kier alpha value is -3.78. The summed E-state index contributed by atoms with van der Waals surface area (Å²) in [5, 5.41) is 10.2. The van der Waals surface area contributed by atoms with E-state index < -0.39 is 5.25 Å². The number of H-pyrrole nitrogens is 1. The predicted molar refractivity (Wildman–Crippen MR) is 130 cm³/mol. The van der Waals surface area contributed by atoms with Crippen LogP contribution >= 0.6 is 11.8 Å². The Labute approximate surface area is 196 Å². The molecule has 1 aromatic heterocycles. The van der Waals surface area contributed by atoms with Gasteiger partial charge in [0.15, 0.2) is 5.82 Å². The number of rotatable bonds is 8. The third kappa shape index (κ3) is 5.35. The van der Waals surface area contributed by atoms with E-state index in [-0.39, 0.29) is 5.91 Å². The van der Waals surface area contributed by atoms with E-state index in [0.29, 0.717) is 22.4 Å². The zero-order chi connectivity index (χ0) is 23.2. The molecule has 0 saturated heterocycles. The number of methoxy groups -OCH3 is 2. The molecular weight excluding hydrogens is 436 g/mol. The number of nitrogens with one attached hydrogen (secondary N) is 2. The van der Waals surface area contributed by atoms with Crippen LogP contribution in [0.5, 0.6) is 11.5 Å². The molecule has 0 aliphatic rings. The lowest BCUT2D eigenvalue weighted by Gasteiger charge is -2.17. The van der Waals surface area contributed by atoms with E-state index in [1.807, 2.05) is 79.7 Å². The highest BCUT2D eigenvalue weighted by Gasteiger charge is 2.25. The minimum absolute atomic E-state index is 0.189. The number of nitrogens with zero attached hydrogens (tertiary/aromatic N) is 2. The number of aromatic amines is 1. The Bertz CT molecular complexity index is 1230. The number of carbonyl (C=O) groups excluding carboxylic acids is 1. The molecule has 1 amide bonds. The van der Waals surface area contributed by atoms with Crippen LogP contribution in [0.4, 0.5) is 5.69 Å². The minimum Gasteiger partial charge on any atom is -0.497 e. The maximum absolute atomic E-state index is 13.4. The van der Waals surface area contributed by atoms with Crippen LogP contribution in [-0.2, 0) is 4.79 Å². The number of anilines is 1. The molecule has 3 aromatic carbocycles. The van der Waals surface area contributed by atoms with Crippen LogP contribution in [0.15, 0.2) is 78.0 Å². The summed E-state index contributed by atoms with van der Waals surface area (Å²) in [5.74, 6) is 1.80. The first kappa shape index (κ1) is 22.4. The van der Waals surface area contributed by atoms with E-state index in [1.165, 1.54) is 11.8 Å². The van der Waals surface area contributed by atoms with Crippen molar-refractivity contribution in [3.8, 4) is 22.9 Å². The zero-order valence-corrected chi connectivity index (χ0v) is 19.3. The topological polar surface area (TPSA) is 89.1 Å². The zero-order valence-electron chi connectivity index (χ0n) is 18.5. The molecule has 0 aliphatic heterocycles. The third-order valence-corrected chi connectivity index (χ3v) is 6.12. The van der Waals surface area contributed by atoms with Crippen molar-refractivity contribution in [3.05, 3.63) is 83.9 Å². The lowest BCUT2D eigenvalue weighted by molar-refractivity contribution is -0.115. The van der Waals surface area contributed by atoms with E-state index in [0.717, 1.165) is 22.4 Å². The number of aryl methyl sites for hydroxylation is 1. The summed E-state index contributed by atoms with van der Waals surface area (Å²) < 4.78 is 10.6. The highest BCUT2D eigenvalue weighted by Crippen LogP contribution is 2.36. The van der Waals surface area contributed by atoms with Gasteiger partial charge < -0.3 is 14.8 Å². The van der Waals surface area contributed by atoms with Crippen molar-refractivity contribution in [2.45, 2.75) is 17.3 Å². The highest BCUT2D eigenvalue weighted by atomic mass is 32.2. The number of aromatic nitrogens is 3. The van der Waals surface area contributed by atoms with Crippen molar-refractivity contribution in [2.24, 2.45) is 0 Å². The second-order valence-electron chi connectivity index (χ2n) is 7.30. The smallest absolute Gasteiger partial charge is 0.242 e. The number of hydrogen-bond donors (Lipinski definition) is 2. The van der Waals surface area contributed by atoms with E-state index in [4.69, 9.17) is 9.47 Å². The summed E-state index contributed by atoms with van der Waals surface area (Å²) in [6.07, 6.45) is 0. The number of thioether (sulfide) groups is 1. The fourth-order valence-electron chi connectivity index (χ4n) is 3.30. The Balaban J connectivity index is 1.59. The molecule has 33 heavy (non-hydrogen) atoms. The molecule has 4 rings (SSSR count). The van der Waals surface area contributed by atoms with Gasteiger partial charge in [-0.05, 0) is 54.4 Å². The second kappa shape index (κ2) is 10.2. The normalized spacial score (nSPS) is 11.6. The minimum atomic E-state index is -0.559. The maximum atomic E-state index is 13.4. The van der Waals surface area contributed by atoms with E-state index in [1.54, 1.807) is 14.2 Å². The molecule has 0 bridgehead atoms. The van der Waals surface area contributed by atoms with E-state index in [2.05, 4.69) is 20.5 Å². The van der Waals surface area contributed by atoms with Crippen molar-refractivity contribution in [3.63, 3.8) is 0 Å². The summed E-state index contributed by atoms with van der Waals surface area (Å²) in [4.78, 5) is 18.0. The first-order valence-electron chi connectivity index (χ1n) is 10.3. The monoisotopic (exact) mass is 460 g/mol. The molecule has 1 atom stereocenters. The van der Waals surface area contributed by atoms with Crippen LogP contribution in [-0.4, -0.2) is 35.3 Å². The molecule has 0 aliphatic carbocycles. The fourth-order valence-corrected chi connectivity index (χ4v) is 4.21. The van der Waals surface area contributed by atoms with Gasteiger partial charge in [0.2, 0.25) is 11.1 Å². The first-order chi connectivity index (χ1) is 16.1. The quantitative estimate of drug-likeness (QED) is 0.348. The van der Waals surface area contributed by atoms with Gasteiger partial charge in [0.1, 0.15) is 16.7 Å². The average molecular weight is 461 g/mol. The van der Waals surface area contributed by atoms with Crippen molar-refractivity contribution in [1.82, 2.24) is 15.2 Å².